The van der Waals surface area contributed by atoms with Crippen LogP contribution in [-0.2, 0) is 6.54 Å². The first-order chi connectivity index (χ1) is 18.6. The van der Waals surface area contributed by atoms with Crippen LogP contribution in [0, 0.1) is 13.8 Å². The fourth-order valence-electron chi connectivity index (χ4n) is 4.39. The number of nitrogens with one attached hydrogen (secondary N) is 2. The molecule has 2 atom stereocenters. The van der Waals surface area contributed by atoms with Crippen molar-refractivity contribution in [1.82, 2.24) is 24.9 Å². The van der Waals surface area contributed by atoms with Crippen molar-refractivity contribution in [3.8, 4) is 22.8 Å². The highest BCUT2D eigenvalue weighted by molar-refractivity contribution is 6.29. The molecule has 202 valence electrons. The molecule has 1 aromatic carbocycles. The highest BCUT2D eigenvalue weighted by Gasteiger charge is 2.22. The van der Waals surface area contributed by atoms with Crippen LogP contribution in [0.15, 0.2) is 55.2 Å². The summed E-state index contributed by atoms with van der Waals surface area (Å²) in [6, 6.07) is 6.61. The van der Waals surface area contributed by atoms with Gasteiger partial charge in [0.25, 0.3) is 0 Å². The zero-order chi connectivity index (χ0) is 27.8. The number of hydrogen-bond donors (Lipinski definition) is 4. The lowest BCUT2D eigenvalue weighted by molar-refractivity contribution is 0.0783. The molecule has 0 saturated heterocycles. The molecule has 39 heavy (non-hydrogen) atoms. The zero-order valence-electron chi connectivity index (χ0n) is 21.2. The second kappa shape index (κ2) is 10.5. The zero-order valence-corrected chi connectivity index (χ0v) is 22.0. The molecule has 0 amide bonds. The molecule has 0 bridgehead atoms. The van der Waals surface area contributed by atoms with Gasteiger partial charge in [-0.15, -0.1) is 0 Å². The van der Waals surface area contributed by atoms with Gasteiger partial charge in [0.05, 0.1) is 48.1 Å². The Labute approximate surface area is 225 Å². The van der Waals surface area contributed by atoms with Crippen LogP contribution in [0.1, 0.15) is 29.7 Å². The first-order valence-electron chi connectivity index (χ1n) is 12.0. The number of H-pyrrole nitrogens is 1. The summed E-state index contributed by atoms with van der Waals surface area (Å²) in [5.41, 5.74) is 3.57. The predicted octanol–water partition coefficient (Wildman–Crippen LogP) is 3.19. The Morgan fingerprint density at radius 3 is 2.74 bits per heavy atom. The van der Waals surface area contributed by atoms with Gasteiger partial charge in [0.2, 0.25) is 5.82 Å². The molecule has 0 aliphatic heterocycles. The van der Waals surface area contributed by atoms with Gasteiger partial charge in [0.15, 0.2) is 5.43 Å². The molecule has 0 radical (unpaired) electrons. The van der Waals surface area contributed by atoms with Crippen LogP contribution in [0.5, 0.6) is 0 Å². The quantitative estimate of drug-likeness (QED) is 0.209. The lowest BCUT2D eigenvalue weighted by Gasteiger charge is -2.19. The monoisotopic (exact) mass is 552 g/mol. The maximum absolute atomic E-state index is 13.5. The molecule has 0 aliphatic rings. The van der Waals surface area contributed by atoms with Crippen molar-refractivity contribution in [1.29, 1.82) is 0 Å². The molecule has 1 unspecified atom stereocenters. The fourth-order valence-corrected chi connectivity index (χ4v) is 4.54. The van der Waals surface area contributed by atoms with Crippen molar-refractivity contribution in [3.63, 3.8) is 0 Å². The Balaban J connectivity index is 1.59. The number of aromatic nitrogens is 5. The predicted molar refractivity (Wildman–Crippen MR) is 144 cm³/mol. The number of anilines is 1. The van der Waals surface area contributed by atoms with E-state index in [0.717, 1.165) is 5.56 Å². The van der Waals surface area contributed by atoms with Gasteiger partial charge in [0, 0.05) is 17.3 Å². The third kappa shape index (κ3) is 5.21. The molecule has 13 heteroatoms. The fraction of sp³-hybridized carbons (Fsp3) is 0.269. The van der Waals surface area contributed by atoms with E-state index in [-0.39, 0.29) is 28.6 Å². The number of fused-ring (bicyclic) bond motifs is 1. The number of pyridine rings is 1. The van der Waals surface area contributed by atoms with Crippen molar-refractivity contribution in [3.05, 3.63) is 79.3 Å². The van der Waals surface area contributed by atoms with E-state index < -0.39 is 24.5 Å². The molecule has 4 N–H and O–H groups in total. The summed E-state index contributed by atoms with van der Waals surface area (Å²) in [7, 11) is 0. The van der Waals surface area contributed by atoms with Gasteiger partial charge in [-0.3, -0.25) is 19.0 Å². The molecule has 0 aliphatic carbocycles. The number of aryl methyl sites for hydroxylation is 1. The molecule has 5 aromatic rings. The molecule has 0 spiro atoms. The van der Waals surface area contributed by atoms with Gasteiger partial charge >= 0.3 is 5.76 Å². The number of aromatic amines is 1. The number of hydrogen-bond acceptors (Lipinski definition) is 10. The number of halogens is 1. The van der Waals surface area contributed by atoms with Crippen molar-refractivity contribution in [2.75, 3.05) is 11.9 Å². The molecule has 0 saturated carbocycles. The normalized spacial score (nSPS) is 13.1. The average molecular weight is 553 g/mol. The summed E-state index contributed by atoms with van der Waals surface area (Å²) in [5, 5.41) is 30.8. The molecular formula is C26H25ClN6O6. The Bertz CT molecular complexity index is 1790. The van der Waals surface area contributed by atoms with Gasteiger partial charge in [-0.2, -0.15) is 5.10 Å². The molecule has 0 fully saturated rings. The van der Waals surface area contributed by atoms with Crippen LogP contribution in [0.3, 0.4) is 0 Å². The third-order valence-corrected chi connectivity index (χ3v) is 6.47. The molecule has 12 nitrogen and oxygen atoms in total. The molecule has 4 heterocycles. The maximum Gasteiger partial charge on any atom is 0.439 e. The van der Waals surface area contributed by atoms with Crippen molar-refractivity contribution >= 4 is 28.3 Å². The number of nitrogens with zero attached hydrogens (tertiary/aromatic N) is 4. The van der Waals surface area contributed by atoms with E-state index in [1.54, 1.807) is 37.5 Å². The minimum atomic E-state index is -0.966. The summed E-state index contributed by atoms with van der Waals surface area (Å²) < 4.78 is 12.5. The van der Waals surface area contributed by atoms with Crippen LogP contribution in [0.25, 0.3) is 33.8 Å². The summed E-state index contributed by atoms with van der Waals surface area (Å²) in [6.45, 7) is 5.17. The number of rotatable bonds is 8. The van der Waals surface area contributed by atoms with E-state index in [4.69, 9.17) is 21.1 Å². The van der Waals surface area contributed by atoms with Gasteiger partial charge in [0.1, 0.15) is 22.2 Å². The van der Waals surface area contributed by atoms with Crippen LogP contribution in [0.4, 0.5) is 5.69 Å². The minimum absolute atomic E-state index is 0.0903. The standard InChI is InChI=1S/C26H25ClN6O6/c1-12-6-17(14(3)29-19-4-5-20(27)30-21(19)25-31-26(37)39-32-25)24-18(7-12)22(36)13(2)23(38-24)15-8-28-33(9-15)10-16(35)11-34/h4-9,14,16,29,34-35H,10-11H2,1-3H3,(H,31,32,37)/t14-,16?/m1/s1. The van der Waals surface area contributed by atoms with E-state index in [1.807, 2.05) is 19.9 Å². The highest BCUT2D eigenvalue weighted by atomic mass is 35.5. The largest absolute Gasteiger partial charge is 0.455 e. The Kier molecular flexibility index (Phi) is 7.08. The van der Waals surface area contributed by atoms with Gasteiger partial charge < -0.3 is 19.9 Å². The summed E-state index contributed by atoms with van der Waals surface area (Å²) in [5.74, 6) is -0.267. The summed E-state index contributed by atoms with van der Waals surface area (Å²) >= 11 is 6.10. The smallest absolute Gasteiger partial charge is 0.439 e. The van der Waals surface area contributed by atoms with Gasteiger partial charge in [-0.05, 0) is 44.5 Å². The van der Waals surface area contributed by atoms with Crippen molar-refractivity contribution in [2.24, 2.45) is 0 Å². The van der Waals surface area contributed by atoms with Crippen LogP contribution >= 0.6 is 11.6 Å². The van der Waals surface area contributed by atoms with E-state index in [9.17, 15) is 14.7 Å². The second-order valence-electron chi connectivity index (χ2n) is 9.24. The van der Waals surface area contributed by atoms with E-state index in [2.05, 4.69) is 30.1 Å². The lowest BCUT2D eigenvalue weighted by atomic mass is 9.99. The molecular weight excluding hydrogens is 528 g/mol. The first kappa shape index (κ1) is 26.4. The second-order valence-corrected chi connectivity index (χ2v) is 9.63. The van der Waals surface area contributed by atoms with Crippen LogP contribution in [-0.4, -0.2) is 47.8 Å². The van der Waals surface area contributed by atoms with Crippen LogP contribution in [0.2, 0.25) is 5.15 Å². The van der Waals surface area contributed by atoms with E-state index in [0.29, 0.717) is 39.1 Å². The van der Waals surface area contributed by atoms with E-state index in [1.165, 1.54) is 4.68 Å². The van der Waals surface area contributed by atoms with Gasteiger partial charge in [-0.1, -0.05) is 22.8 Å². The Morgan fingerprint density at radius 1 is 1.23 bits per heavy atom. The van der Waals surface area contributed by atoms with Crippen molar-refractivity contribution < 1.29 is 19.2 Å². The molecule has 4 aromatic heterocycles. The number of aliphatic hydroxyl groups excluding tert-OH is 2. The topological polar surface area (TPSA) is 172 Å². The van der Waals surface area contributed by atoms with Crippen LogP contribution < -0.4 is 16.5 Å². The minimum Gasteiger partial charge on any atom is -0.455 e. The molecule has 5 rings (SSSR count). The average Bonchev–Trinajstić information content (AvgIpc) is 3.55. The number of benzene rings is 1. The first-order valence-corrected chi connectivity index (χ1v) is 12.4. The highest BCUT2D eigenvalue weighted by Crippen LogP contribution is 2.34. The maximum atomic E-state index is 13.5. The van der Waals surface area contributed by atoms with Crippen molar-refractivity contribution in [2.45, 2.75) is 39.5 Å². The lowest BCUT2D eigenvalue weighted by Crippen LogP contribution is -2.19. The Morgan fingerprint density at radius 2 is 2.03 bits per heavy atom. The SMILES string of the molecule is Cc1cc([C@@H](C)Nc2ccc(Cl)nc2-c2noc(=O)[nH]2)c2oc(-c3cnn(CC(O)CO)c3)c(C)c(=O)c2c1. The van der Waals surface area contributed by atoms with E-state index >= 15 is 0 Å². The third-order valence-electron chi connectivity index (χ3n) is 6.26. The summed E-state index contributed by atoms with van der Waals surface area (Å²) in [4.78, 5) is 31.8. The summed E-state index contributed by atoms with van der Waals surface area (Å²) in [6.07, 6.45) is 2.23. The number of aliphatic hydroxyl groups is 2. The Hall–Kier alpha value is -4.26. The van der Waals surface area contributed by atoms with Gasteiger partial charge in [-0.25, -0.2) is 9.78 Å².